The minimum absolute atomic E-state index is 0.0425. The average molecular weight is 426 g/mol. The van der Waals surface area contributed by atoms with Gasteiger partial charge in [0, 0.05) is 4.88 Å². The van der Waals surface area contributed by atoms with E-state index >= 15 is 0 Å². The summed E-state index contributed by atoms with van der Waals surface area (Å²) < 4.78 is 6.56. The highest BCUT2D eigenvalue weighted by molar-refractivity contribution is 7.18. The predicted molar refractivity (Wildman–Crippen MR) is 119 cm³/mol. The molecule has 0 fully saturated rings. The Bertz CT molecular complexity index is 1150. The van der Waals surface area contributed by atoms with Crippen LogP contribution < -0.4 is 5.56 Å². The molecule has 1 aliphatic rings. The molecule has 158 valence electrons. The summed E-state index contributed by atoms with van der Waals surface area (Å²) >= 11 is 1.69. The van der Waals surface area contributed by atoms with Gasteiger partial charge in [0.1, 0.15) is 10.7 Å². The van der Waals surface area contributed by atoms with Crippen molar-refractivity contribution in [1.29, 1.82) is 0 Å². The maximum atomic E-state index is 13.6. The van der Waals surface area contributed by atoms with Gasteiger partial charge < -0.3 is 9.64 Å². The van der Waals surface area contributed by atoms with E-state index in [1.165, 1.54) is 17.6 Å². The van der Waals surface area contributed by atoms with Crippen LogP contribution in [0.25, 0.3) is 10.2 Å². The van der Waals surface area contributed by atoms with E-state index in [0.717, 1.165) is 40.9 Å². The fourth-order valence-corrected chi connectivity index (χ4v) is 5.47. The molecule has 6 nitrogen and oxygen atoms in total. The normalized spacial score (nSPS) is 16.1. The van der Waals surface area contributed by atoms with Gasteiger partial charge in [0.05, 0.1) is 31.1 Å². The molecule has 30 heavy (non-hydrogen) atoms. The number of esters is 1. The van der Waals surface area contributed by atoms with Crippen LogP contribution in [0.3, 0.4) is 0 Å². The lowest BCUT2D eigenvalue weighted by Crippen LogP contribution is -2.29. The van der Waals surface area contributed by atoms with E-state index in [9.17, 15) is 9.59 Å². The molecule has 0 aliphatic heterocycles. The Morgan fingerprint density at radius 2 is 2.03 bits per heavy atom. The van der Waals surface area contributed by atoms with Gasteiger partial charge >= 0.3 is 5.97 Å². The van der Waals surface area contributed by atoms with Crippen molar-refractivity contribution in [2.75, 3.05) is 21.2 Å². The maximum absolute atomic E-state index is 13.6. The highest BCUT2D eigenvalue weighted by Gasteiger charge is 2.24. The molecule has 0 amide bonds. The zero-order valence-corrected chi connectivity index (χ0v) is 18.7. The number of hydrogen-bond donors (Lipinski definition) is 0. The van der Waals surface area contributed by atoms with Crippen LogP contribution in [-0.4, -0.2) is 41.6 Å². The first-order valence-electron chi connectivity index (χ1n) is 10.2. The number of fused-ring (bicyclic) bond motifs is 3. The highest BCUT2D eigenvalue weighted by atomic mass is 32.1. The molecule has 1 aliphatic carbocycles. The SMILES string of the molecule is COC(=O)c1ccc(Cn2c(CN(C)C)nc3sc4c(c3c2=O)CCC(C)C4)cc1. The van der Waals surface area contributed by atoms with Gasteiger partial charge in [0.2, 0.25) is 0 Å². The Balaban J connectivity index is 1.79. The van der Waals surface area contributed by atoms with Gasteiger partial charge in [-0.15, -0.1) is 11.3 Å². The molecule has 2 heterocycles. The quantitative estimate of drug-likeness (QED) is 0.586. The van der Waals surface area contributed by atoms with Gasteiger partial charge in [-0.3, -0.25) is 9.36 Å². The molecule has 4 rings (SSSR count). The second-order valence-electron chi connectivity index (χ2n) is 8.38. The molecule has 7 heteroatoms. The Morgan fingerprint density at radius 1 is 1.30 bits per heavy atom. The third-order valence-corrected chi connectivity index (χ3v) is 6.82. The third-order valence-electron chi connectivity index (χ3n) is 5.67. The first kappa shape index (κ1) is 20.8. The smallest absolute Gasteiger partial charge is 0.337 e. The van der Waals surface area contributed by atoms with Crippen LogP contribution in [0.15, 0.2) is 29.1 Å². The van der Waals surface area contributed by atoms with Crippen LogP contribution in [-0.2, 0) is 30.7 Å². The first-order valence-corrected chi connectivity index (χ1v) is 11.0. The Kier molecular flexibility index (Phi) is 5.75. The summed E-state index contributed by atoms with van der Waals surface area (Å²) in [5.74, 6) is 1.05. The third kappa shape index (κ3) is 3.91. The minimum atomic E-state index is -0.366. The highest BCUT2D eigenvalue weighted by Crippen LogP contribution is 2.36. The van der Waals surface area contributed by atoms with E-state index in [0.29, 0.717) is 24.6 Å². The summed E-state index contributed by atoms with van der Waals surface area (Å²) in [6.45, 7) is 3.28. The van der Waals surface area contributed by atoms with Crippen molar-refractivity contribution in [3.63, 3.8) is 0 Å². The molecule has 1 aromatic carbocycles. The zero-order chi connectivity index (χ0) is 21.4. The topological polar surface area (TPSA) is 64.4 Å². The lowest BCUT2D eigenvalue weighted by atomic mass is 9.89. The minimum Gasteiger partial charge on any atom is -0.465 e. The van der Waals surface area contributed by atoms with Crippen molar-refractivity contribution in [3.05, 3.63) is 62.0 Å². The van der Waals surface area contributed by atoms with Gasteiger partial charge in [-0.25, -0.2) is 9.78 Å². The molecule has 0 radical (unpaired) electrons. The molecule has 0 bridgehead atoms. The van der Waals surface area contributed by atoms with Crippen LogP contribution in [0.1, 0.15) is 45.5 Å². The van der Waals surface area contributed by atoms with Gasteiger partial charge in [-0.2, -0.15) is 0 Å². The summed E-state index contributed by atoms with van der Waals surface area (Å²) in [5, 5.41) is 0.801. The van der Waals surface area contributed by atoms with Crippen LogP contribution in [0, 0.1) is 5.92 Å². The number of rotatable bonds is 5. The van der Waals surface area contributed by atoms with Crippen molar-refractivity contribution in [2.24, 2.45) is 5.92 Å². The number of ether oxygens (including phenoxy) is 1. The molecule has 0 N–H and O–H groups in total. The van der Waals surface area contributed by atoms with E-state index in [4.69, 9.17) is 9.72 Å². The largest absolute Gasteiger partial charge is 0.465 e. The van der Waals surface area contributed by atoms with E-state index in [2.05, 4.69) is 6.92 Å². The van der Waals surface area contributed by atoms with Gasteiger partial charge in [0.15, 0.2) is 0 Å². The average Bonchev–Trinajstić information content (AvgIpc) is 3.07. The molecule has 1 unspecified atom stereocenters. The monoisotopic (exact) mass is 425 g/mol. The van der Waals surface area contributed by atoms with Crippen molar-refractivity contribution in [1.82, 2.24) is 14.5 Å². The number of methoxy groups -OCH3 is 1. The standard InChI is InChI=1S/C23H27N3O3S/c1-14-5-10-17-18(11-14)30-21-20(17)22(27)26(19(24-21)13-25(2)3)12-15-6-8-16(9-7-15)23(28)29-4/h6-9,14H,5,10-13H2,1-4H3. The van der Waals surface area contributed by atoms with Gasteiger partial charge in [0.25, 0.3) is 5.56 Å². The number of carbonyl (C=O) groups excluding carboxylic acids is 1. The number of nitrogens with zero attached hydrogens (tertiary/aromatic N) is 3. The fraction of sp³-hybridized carbons (Fsp3) is 0.435. The number of carbonyl (C=O) groups is 1. The summed E-state index contributed by atoms with van der Waals surface area (Å²) in [6.07, 6.45) is 3.11. The van der Waals surface area contributed by atoms with E-state index in [1.54, 1.807) is 28.0 Å². The van der Waals surface area contributed by atoms with Crippen molar-refractivity contribution >= 4 is 27.5 Å². The summed E-state index contributed by atoms with van der Waals surface area (Å²) in [5.41, 5.74) is 2.69. The van der Waals surface area contributed by atoms with E-state index < -0.39 is 0 Å². The Morgan fingerprint density at radius 3 is 2.70 bits per heavy atom. The predicted octanol–water partition coefficient (Wildman–Crippen LogP) is 3.48. The van der Waals surface area contributed by atoms with Gasteiger partial charge in [-0.1, -0.05) is 19.1 Å². The molecular weight excluding hydrogens is 398 g/mol. The van der Waals surface area contributed by atoms with Crippen LogP contribution >= 0.6 is 11.3 Å². The molecule has 1 atom stereocenters. The lowest BCUT2D eigenvalue weighted by molar-refractivity contribution is 0.0600. The van der Waals surface area contributed by atoms with E-state index in [-0.39, 0.29) is 11.5 Å². The van der Waals surface area contributed by atoms with E-state index in [1.807, 2.05) is 31.1 Å². The zero-order valence-electron chi connectivity index (χ0n) is 17.9. The van der Waals surface area contributed by atoms with Crippen LogP contribution in [0.2, 0.25) is 0 Å². The second-order valence-corrected chi connectivity index (χ2v) is 9.46. The number of aromatic nitrogens is 2. The summed E-state index contributed by atoms with van der Waals surface area (Å²) in [6, 6.07) is 7.20. The number of thiophene rings is 1. The molecule has 3 aromatic rings. The number of aryl methyl sites for hydroxylation is 1. The number of hydrogen-bond acceptors (Lipinski definition) is 6. The van der Waals surface area contributed by atoms with Gasteiger partial charge in [-0.05, 0) is 62.5 Å². The van der Waals surface area contributed by atoms with Crippen LogP contribution in [0.4, 0.5) is 0 Å². The molecule has 2 aromatic heterocycles. The lowest BCUT2D eigenvalue weighted by Gasteiger charge is -2.18. The molecule has 0 saturated carbocycles. The summed E-state index contributed by atoms with van der Waals surface area (Å²) in [4.78, 5) is 34.5. The van der Waals surface area contributed by atoms with Crippen LogP contribution in [0.5, 0.6) is 0 Å². The van der Waals surface area contributed by atoms with Crippen molar-refractivity contribution in [3.8, 4) is 0 Å². The maximum Gasteiger partial charge on any atom is 0.337 e. The first-order chi connectivity index (χ1) is 14.4. The second kappa shape index (κ2) is 8.32. The Labute approximate surface area is 180 Å². The molecule has 0 saturated heterocycles. The van der Waals surface area contributed by atoms with Crippen molar-refractivity contribution in [2.45, 2.75) is 39.3 Å². The summed E-state index contributed by atoms with van der Waals surface area (Å²) in [7, 11) is 5.33. The number of benzene rings is 1. The molecule has 0 spiro atoms. The fourth-order valence-electron chi connectivity index (χ4n) is 4.08. The molecular formula is C23H27N3O3S. The van der Waals surface area contributed by atoms with Crippen molar-refractivity contribution < 1.29 is 9.53 Å². The Hall–Kier alpha value is -2.51.